The Morgan fingerprint density at radius 1 is 1.32 bits per heavy atom. The number of rotatable bonds is 4. The van der Waals surface area contributed by atoms with E-state index in [0.29, 0.717) is 12.5 Å². The minimum Gasteiger partial charge on any atom is -0.336 e. The average Bonchev–Trinajstić information content (AvgIpc) is 3.03. The molecule has 3 rings (SSSR count). The van der Waals surface area contributed by atoms with Gasteiger partial charge in [0.2, 0.25) is 5.91 Å². The van der Waals surface area contributed by atoms with E-state index in [9.17, 15) is 4.79 Å². The summed E-state index contributed by atoms with van der Waals surface area (Å²) in [6, 6.07) is 4.30. The van der Waals surface area contributed by atoms with Crippen molar-refractivity contribution in [2.24, 2.45) is 0 Å². The number of amides is 1. The van der Waals surface area contributed by atoms with E-state index >= 15 is 0 Å². The lowest BCUT2D eigenvalue weighted by Crippen LogP contribution is -2.67. The van der Waals surface area contributed by atoms with E-state index in [1.807, 2.05) is 22.3 Å². The number of nitrogens with zero attached hydrogens (tertiary/aromatic N) is 3. The highest BCUT2D eigenvalue weighted by Gasteiger charge is 2.48. The van der Waals surface area contributed by atoms with Crippen molar-refractivity contribution in [1.29, 1.82) is 0 Å². The Labute approximate surface area is 137 Å². The lowest BCUT2D eigenvalue weighted by molar-refractivity contribution is -0.153. The second-order valence-electron chi connectivity index (χ2n) is 6.35. The van der Waals surface area contributed by atoms with Crippen molar-refractivity contribution in [1.82, 2.24) is 14.7 Å². The van der Waals surface area contributed by atoms with Crippen LogP contribution in [0.4, 0.5) is 0 Å². The van der Waals surface area contributed by atoms with Crippen LogP contribution in [0.1, 0.15) is 17.7 Å². The predicted molar refractivity (Wildman–Crippen MR) is 91.0 cm³/mol. The molecule has 1 amide bonds. The van der Waals surface area contributed by atoms with E-state index in [1.54, 1.807) is 0 Å². The molecule has 2 aliphatic heterocycles. The summed E-state index contributed by atoms with van der Waals surface area (Å²) in [7, 11) is 2.11. The average molecular weight is 319 g/mol. The maximum atomic E-state index is 12.9. The van der Waals surface area contributed by atoms with E-state index in [1.165, 1.54) is 4.88 Å². The van der Waals surface area contributed by atoms with Crippen LogP contribution < -0.4 is 0 Å². The van der Waals surface area contributed by atoms with Crippen LogP contribution in [0.3, 0.4) is 0 Å². The lowest BCUT2D eigenvalue weighted by atomic mass is 9.82. The Hall–Kier alpha value is -1.17. The molecule has 2 saturated heterocycles. The zero-order chi connectivity index (χ0) is 15.6. The number of carbonyl (C=O) groups is 1. The van der Waals surface area contributed by atoms with E-state index in [2.05, 4.69) is 40.9 Å². The Kier molecular flexibility index (Phi) is 4.66. The highest BCUT2D eigenvalue weighted by atomic mass is 32.1. The molecular weight excluding hydrogens is 294 g/mol. The van der Waals surface area contributed by atoms with Gasteiger partial charge in [-0.05, 0) is 31.3 Å². The van der Waals surface area contributed by atoms with Crippen molar-refractivity contribution in [3.05, 3.63) is 35.0 Å². The summed E-state index contributed by atoms with van der Waals surface area (Å²) in [6.45, 7) is 9.25. The maximum absolute atomic E-state index is 12.9. The van der Waals surface area contributed by atoms with Crippen molar-refractivity contribution in [2.75, 3.05) is 39.8 Å². The fourth-order valence-corrected chi connectivity index (χ4v) is 4.42. The molecule has 1 spiro atoms. The molecule has 0 bridgehead atoms. The first-order chi connectivity index (χ1) is 10.7. The van der Waals surface area contributed by atoms with Gasteiger partial charge in [-0.3, -0.25) is 14.6 Å². The first-order valence-electron chi connectivity index (χ1n) is 8.02. The Balaban J connectivity index is 1.66. The number of likely N-dealkylation sites (N-methyl/N-ethyl adjacent to an activating group) is 1. The standard InChI is InChI=1S/C17H25N3OS/c1-3-8-20-12-11-18(2)17(16(20)21)6-9-19(10-7-17)14-15-5-4-13-22-15/h3-5,13H,1,6-12,14H2,2H3. The summed E-state index contributed by atoms with van der Waals surface area (Å²) < 4.78 is 0. The van der Waals surface area contributed by atoms with Gasteiger partial charge in [0.05, 0.1) is 0 Å². The van der Waals surface area contributed by atoms with Crippen LogP contribution in [0, 0.1) is 0 Å². The molecule has 0 aromatic carbocycles. The molecule has 1 aromatic rings. The van der Waals surface area contributed by atoms with Gasteiger partial charge in [0.25, 0.3) is 0 Å². The molecule has 0 saturated carbocycles. The molecule has 2 aliphatic rings. The van der Waals surface area contributed by atoms with Gasteiger partial charge in [-0.2, -0.15) is 0 Å². The van der Waals surface area contributed by atoms with Gasteiger partial charge in [-0.15, -0.1) is 17.9 Å². The molecule has 0 radical (unpaired) electrons. The van der Waals surface area contributed by atoms with E-state index in [4.69, 9.17) is 0 Å². The molecule has 0 aliphatic carbocycles. The van der Waals surface area contributed by atoms with Gasteiger partial charge >= 0.3 is 0 Å². The second kappa shape index (κ2) is 6.52. The summed E-state index contributed by atoms with van der Waals surface area (Å²) in [4.78, 5) is 21.1. The monoisotopic (exact) mass is 319 g/mol. The topological polar surface area (TPSA) is 26.8 Å². The van der Waals surface area contributed by atoms with E-state index < -0.39 is 0 Å². The van der Waals surface area contributed by atoms with E-state index in [0.717, 1.165) is 45.6 Å². The van der Waals surface area contributed by atoms with Crippen LogP contribution in [0.25, 0.3) is 0 Å². The molecule has 2 fully saturated rings. The molecule has 5 heteroatoms. The van der Waals surface area contributed by atoms with Crippen LogP contribution >= 0.6 is 11.3 Å². The van der Waals surface area contributed by atoms with Gasteiger partial charge in [0, 0.05) is 44.1 Å². The van der Waals surface area contributed by atoms with Crippen LogP contribution in [-0.2, 0) is 11.3 Å². The highest BCUT2D eigenvalue weighted by Crippen LogP contribution is 2.33. The zero-order valence-electron chi connectivity index (χ0n) is 13.3. The van der Waals surface area contributed by atoms with Crippen molar-refractivity contribution in [3.63, 3.8) is 0 Å². The molecule has 22 heavy (non-hydrogen) atoms. The SMILES string of the molecule is C=CCN1CCN(C)C2(CCN(Cc3cccs3)CC2)C1=O. The minimum atomic E-state index is -0.285. The molecule has 1 aromatic heterocycles. The first kappa shape index (κ1) is 15.7. The third-order valence-electron chi connectivity index (χ3n) is 5.11. The highest BCUT2D eigenvalue weighted by molar-refractivity contribution is 7.09. The van der Waals surface area contributed by atoms with Crippen LogP contribution in [0.2, 0.25) is 0 Å². The zero-order valence-corrected chi connectivity index (χ0v) is 14.1. The number of hydrogen-bond acceptors (Lipinski definition) is 4. The van der Waals surface area contributed by atoms with E-state index in [-0.39, 0.29) is 5.54 Å². The lowest BCUT2D eigenvalue weighted by Gasteiger charge is -2.51. The number of hydrogen-bond donors (Lipinski definition) is 0. The van der Waals surface area contributed by atoms with Gasteiger partial charge in [-0.25, -0.2) is 0 Å². The number of carbonyl (C=O) groups excluding carboxylic acids is 1. The fraction of sp³-hybridized carbons (Fsp3) is 0.588. The van der Waals surface area contributed by atoms with Crippen molar-refractivity contribution >= 4 is 17.2 Å². The largest absolute Gasteiger partial charge is 0.336 e. The molecular formula is C17H25N3OS. The third kappa shape index (κ3) is 2.85. The smallest absolute Gasteiger partial charge is 0.243 e. The van der Waals surface area contributed by atoms with Gasteiger partial charge in [0.1, 0.15) is 5.54 Å². The number of piperidine rings is 1. The molecule has 120 valence electrons. The van der Waals surface area contributed by atoms with Crippen molar-refractivity contribution in [2.45, 2.75) is 24.9 Å². The number of thiophene rings is 1. The second-order valence-corrected chi connectivity index (χ2v) is 7.38. The minimum absolute atomic E-state index is 0.285. The summed E-state index contributed by atoms with van der Waals surface area (Å²) >= 11 is 1.81. The Morgan fingerprint density at radius 3 is 2.73 bits per heavy atom. The fourth-order valence-electron chi connectivity index (χ4n) is 3.67. The van der Waals surface area contributed by atoms with Crippen molar-refractivity contribution < 1.29 is 4.79 Å². The normalized spacial score (nSPS) is 23.1. The molecule has 0 N–H and O–H groups in total. The number of piperazine rings is 1. The number of likely N-dealkylation sites (tertiary alicyclic amines) is 1. The quantitative estimate of drug-likeness (QED) is 0.795. The molecule has 4 nitrogen and oxygen atoms in total. The van der Waals surface area contributed by atoms with Crippen LogP contribution in [0.15, 0.2) is 30.2 Å². The summed E-state index contributed by atoms with van der Waals surface area (Å²) in [5.41, 5.74) is -0.285. The Morgan fingerprint density at radius 2 is 2.09 bits per heavy atom. The summed E-state index contributed by atoms with van der Waals surface area (Å²) in [5, 5.41) is 2.13. The third-order valence-corrected chi connectivity index (χ3v) is 5.97. The summed E-state index contributed by atoms with van der Waals surface area (Å²) in [6.07, 6.45) is 3.70. The predicted octanol–water partition coefficient (Wildman–Crippen LogP) is 2.04. The summed E-state index contributed by atoms with van der Waals surface area (Å²) in [5.74, 6) is 0.303. The van der Waals surface area contributed by atoms with Gasteiger partial charge in [0.15, 0.2) is 0 Å². The van der Waals surface area contributed by atoms with Crippen LogP contribution in [-0.4, -0.2) is 65.9 Å². The van der Waals surface area contributed by atoms with Gasteiger partial charge < -0.3 is 4.90 Å². The van der Waals surface area contributed by atoms with Crippen molar-refractivity contribution in [3.8, 4) is 0 Å². The maximum Gasteiger partial charge on any atom is 0.243 e. The molecule has 3 heterocycles. The first-order valence-corrected chi connectivity index (χ1v) is 8.90. The molecule has 0 atom stereocenters. The van der Waals surface area contributed by atoms with Crippen LogP contribution in [0.5, 0.6) is 0 Å². The Bertz CT molecular complexity index is 520. The van der Waals surface area contributed by atoms with Gasteiger partial charge in [-0.1, -0.05) is 12.1 Å². The molecule has 0 unspecified atom stereocenters.